The molecule has 0 aliphatic heterocycles. The van der Waals surface area contributed by atoms with Gasteiger partial charge in [0.25, 0.3) is 0 Å². The summed E-state index contributed by atoms with van der Waals surface area (Å²) in [6.45, 7) is 2.26. The average Bonchev–Trinajstić information content (AvgIpc) is 2.41. The zero-order valence-corrected chi connectivity index (χ0v) is 12.8. The predicted molar refractivity (Wildman–Crippen MR) is 80.7 cm³/mol. The lowest BCUT2D eigenvalue weighted by atomic mass is 10.2. The van der Waals surface area contributed by atoms with Crippen LogP contribution < -0.4 is 10.6 Å². The molecule has 1 aromatic carbocycles. The number of nitrogens with one attached hydrogen (secondary N) is 2. The highest BCUT2D eigenvalue weighted by molar-refractivity contribution is 5.90. The number of hydrogen-bond acceptors (Lipinski definition) is 3. The van der Waals surface area contributed by atoms with Gasteiger partial charge in [-0.05, 0) is 51.8 Å². The van der Waals surface area contributed by atoms with Crippen molar-refractivity contribution in [1.29, 1.82) is 0 Å². The Morgan fingerprint density at radius 1 is 1.23 bits per heavy atom. The number of hydrogen-bond donors (Lipinski definition) is 2. The van der Waals surface area contributed by atoms with Crippen LogP contribution >= 0.6 is 0 Å². The van der Waals surface area contributed by atoms with Crippen molar-refractivity contribution >= 4 is 11.6 Å². The number of nitrogens with zero attached hydrogens (tertiary/aromatic N) is 1. The first-order chi connectivity index (χ1) is 10.3. The smallest absolute Gasteiger partial charge is 0.326 e. The van der Waals surface area contributed by atoms with E-state index in [1.807, 2.05) is 14.1 Å². The highest BCUT2D eigenvalue weighted by Gasteiger charge is 2.30. The van der Waals surface area contributed by atoms with Gasteiger partial charge >= 0.3 is 6.18 Å². The molecule has 1 rings (SSSR count). The summed E-state index contributed by atoms with van der Waals surface area (Å²) in [7, 11) is 3.98. The van der Waals surface area contributed by atoms with Crippen molar-refractivity contribution in [2.75, 3.05) is 39.0 Å². The SMILES string of the molecule is CN(C)CCCNCCC(=O)Nc1cccc(C(F)(F)F)c1. The summed E-state index contributed by atoms with van der Waals surface area (Å²) >= 11 is 0. The molecule has 0 atom stereocenters. The molecule has 0 bridgehead atoms. The first-order valence-electron chi connectivity index (χ1n) is 7.11. The van der Waals surface area contributed by atoms with E-state index in [9.17, 15) is 18.0 Å². The lowest BCUT2D eigenvalue weighted by molar-refractivity contribution is -0.137. The van der Waals surface area contributed by atoms with E-state index in [2.05, 4.69) is 15.5 Å². The molecule has 7 heteroatoms. The van der Waals surface area contributed by atoms with Crippen molar-refractivity contribution in [1.82, 2.24) is 10.2 Å². The quantitative estimate of drug-likeness (QED) is 0.724. The summed E-state index contributed by atoms with van der Waals surface area (Å²) in [5.74, 6) is -0.306. The minimum atomic E-state index is -4.41. The molecule has 0 heterocycles. The second kappa shape index (κ2) is 8.75. The zero-order valence-electron chi connectivity index (χ0n) is 12.8. The highest BCUT2D eigenvalue weighted by Crippen LogP contribution is 2.30. The predicted octanol–water partition coefficient (Wildman–Crippen LogP) is 2.58. The fourth-order valence-electron chi connectivity index (χ4n) is 1.84. The van der Waals surface area contributed by atoms with Crippen molar-refractivity contribution in [3.05, 3.63) is 29.8 Å². The number of benzene rings is 1. The molecule has 22 heavy (non-hydrogen) atoms. The van der Waals surface area contributed by atoms with Crippen molar-refractivity contribution in [2.24, 2.45) is 0 Å². The second-order valence-electron chi connectivity index (χ2n) is 5.28. The molecule has 0 aliphatic rings. The van der Waals surface area contributed by atoms with Crippen LogP contribution in [0.4, 0.5) is 18.9 Å². The Hall–Kier alpha value is -1.60. The minimum absolute atomic E-state index is 0.160. The van der Waals surface area contributed by atoms with E-state index in [0.717, 1.165) is 31.6 Å². The molecule has 1 amide bonds. The van der Waals surface area contributed by atoms with Gasteiger partial charge in [0.05, 0.1) is 5.56 Å². The van der Waals surface area contributed by atoms with Crippen LogP contribution in [0.5, 0.6) is 0 Å². The molecule has 0 radical (unpaired) electrons. The fourth-order valence-corrected chi connectivity index (χ4v) is 1.84. The van der Waals surface area contributed by atoms with Crippen molar-refractivity contribution in [3.8, 4) is 0 Å². The van der Waals surface area contributed by atoms with Crippen molar-refractivity contribution in [2.45, 2.75) is 19.0 Å². The maximum Gasteiger partial charge on any atom is 0.416 e. The first-order valence-corrected chi connectivity index (χ1v) is 7.11. The van der Waals surface area contributed by atoms with Crippen molar-refractivity contribution < 1.29 is 18.0 Å². The topological polar surface area (TPSA) is 44.4 Å². The van der Waals surface area contributed by atoms with Gasteiger partial charge in [-0.25, -0.2) is 0 Å². The third-order valence-corrected chi connectivity index (χ3v) is 2.96. The van der Waals surface area contributed by atoms with Gasteiger partial charge in [0.1, 0.15) is 0 Å². The van der Waals surface area contributed by atoms with Crippen LogP contribution in [-0.4, -0.2) is 44.5 Å². The molecule has 4 nitrogen and oxygen atoms in total. The number of carbonyl (C=O) groups excluding carboxylic acids is 1. The third kappa shape index (κ3) is 7.42. The number of carbonyl (C=O) groups is 1. The molecule has 0 aliphatic carbocycles. The molecular formula is C15H22F3N3O. The Balaban J connectivity index is 2.31. The summed E-state index contributed by atoms with van der Waals surface area (Å²) in [5.41, 5.74) is -0.612. The zero-order chi connectivity index (χ0) is 16.6. The number of amides is 1. The van der Waals surface area contributed by atoms with E-state index in [4.69, 9.17) is 0 Å². The van der Waals surface area contributed by atoms with Gasteiger partial charge in [0.15, 0.2) is 0 Å². The highest BCUT2D eigenvalue weighted by atomic mass is 19.4. The first kappa shape index (κ1) is 18.4. The Morgan fingerprint density at radius 2 is 1.95 bits per heavy atom. The Kier molecular flexibility index (Phi) is 7.34. The van der Waals surface area contributed by atoms with Crippen LogP contribution in [0.1, 0.15) is 18.4 Å². The Labute approximate surface area is 128 Å². The molecule has 0 aromatic heterocycles. The van der Waals surface area contributed by atoms with E-state index in [0.29, 0.717) is 6.54 Å². The monoisotopic (exact) mass is 317 g/mol. The molecule has 1 aromatic rings. The van der Waals surface area contributed by atoms with Crippen LogP contribution in [0.3, 0.4) is 0 Å². The van der Waals surface area contributed by atoms with Crippen LogP contribution in [0.2, 0.25) is 0 Å². The van der Waals surface area contributed by atoms with E-state index in [-0.39, 0.29) is 18.0 Å². The minimum Gasteiger partial charge on any atom is -0.326 e. The van der Waals surface area contributed by atoms with E-state index in [1.54, 1.807) is 0 Å². The van der Waals surface area contributed by atoms with Gasteiger partial charge in [-0.1, -0.05) is 6.07 Å². The molecule has 0 saturated heterocycles. The Morgan fingerprint density at radius 3 is 2.59 bits per heavy atom. The maximum atomic E-state index is 12.6. The van der Waals surface area contributed by atoms with E-state index < -0.39 is 11.7 Å². The van der Waals surface area contributed by atoms with Gasteiger partial charge in [0.2, 0.25) is 5.91 Å². The number of halogens is 3. The molecule has 0 spiro atoms. The largest absolute Gasteiger partial charge is 0.416 e. The summed E-state index contributed by atoms with van der Waals surface area (Å²) < 4.78 is 37.7. The third-order valence-electron chi connectivity index (χ3n) is 2.96. The van der Waals surface area contributed by atoms with Gasteiger partial charge < -0.3 is 15.5 Å². The van der Waals surface area contributed by atoms with Crippen LogP contribution in [0.15, 0.2) is 24.3 Å². The molecule has 124 valence electrons. The fraction of sp³-hybridized carbons (Fsp3) is 0.533. The summed E-state index contributed by atoms with van der Waals surface area (Å²) in [6, 6.07) is 4.62. The molecule has 0 fully saturated rings. The number of anilines is 1. The average molecular weight is 317 g/mol. The molecule has 2 N–H and O–H groups in total. The summed E-state index contributed by atoms with van der Waals surface area (Å²) in [4.78, 5) is 13.7. The molecular weight excluding hydrogens is 295 g/mol. The van der Waals surface area contributed by atoms with Gasteiger partial charge in [-0.2, -0.15) is 13.2 Å². The maximum absolute atomic E-state index is 12.6. The lowest BCUT2D eigenvalue weighted by Gasteiger charge is -2.11. The Bertz CT molecular complexity index is 475. The van der Waals surface area contributed by atoms with Crippen LogP contribution in [0, 0.1) is 0 Å². The van der Waals surface area contributed by atoms with Gasteiger partial charge in [-0.15, -0.1) is 0 Å². The number of alkyl halides is 3. The number of rotatable bonds is 8. The van der Waals surface area contributed by atoms with Crippen molar-refractivity contribution in [3.63, 3.8) is 0 Å². The van der Waals surface area contributed by atoms with E-state index in [1.165, 1.54) is 12.1 Å². The summed E-state index contributed by atoms with van der Waals surface area (Å²) in [6.07, 6.45) is -3.21. The molecule has 0 saturated carbocycles. The van der Waals surface area contributed by atoms with Gasteiger partial charge in [0, 0.05) is 18.7 Å². The lowest BCUT2D eigenvalue weighted by Crippen LogP contribution is -2.25. The van der Waals surface area contributed by atoms with Crippen LogP contribution in [-0.2, 0) is 11.0 Å². The second-order valence-corrected chi connectivity index (χ2v) is 5.28. The normalized spacial score (nSPS) is 11.7. The van der Waals surface area contributed by atoms with E-state index >= 15 is 0 Å². The molecule has 0 unspecified atom stereocenters. The van der Waals surface area contributed by atoms with Gasteiger partial charge in [-0.3, -0.25) is 4.79 Å². The van der Waals surface area contributed by atoms with Crippen LogP contribution in [0.25, 0.3) is 0 Å². The standard InChI is InChI=1S/C15H22F3N3O/c1-21(2)10-4-8-19-9-7-14(22)20-13-6-3-5-12(11-13)15(16,17)18/h3,5-6,11,19H,4,7-10H2,1-2H3,(H,20,22). The summed E-state index contributed by atoms with van der Waals surface area (Å²) in [5, 5.41) is 5.60.